The van der Waals surface area contributed by atoms with Crippen molar-refractivity contribution in [3.05, 3.63) is 50.7 Å². The van der Waals surface area contributed by atoms with E-state index in [-0.39, 0.29) is 0 Å². The fraction of sp³-hybridized carbons (Fsp3) is 0.375. The molecule has 0 aliphatic carbocycles. The van der Waals surface area contributed by atoms with E-state index < -0.39 is 0 Å². The normalized spacial score (nSPS) is 18.1. The van der Waals surface area contributed by atoms with Crippen LogP contribution in [0, 0.1) is 0 Å². The number of anilines is 1. The lowest BCUT2D eigenvalue weighted by Gasteiger charge is -2.37. The van der Waals surface area contributed by atoms with Crippen molar-refractivity contribution in [3.63, 3.8) is 0 Å². The van der Waals surface area contributed by atoms with Crippen molar-refractivity contribution < 1.29 is 0 Å². The minimum atomic E-state index is 0.403. The van der Waals surface area contributed by atoms with Crippen LogP contribution in [0.3, 0.4) is 0 Å². The first kappa shape index (κ1) is 13.9. The predicted molar refractivity (Wildman–Crippen MR) is 88.0 cm³/mol. The van der Waals surface area contributed by atoms with Gasteiger partial charge in [-0.1, -0.05) is 17.7 Å². The topological polar surface area (TPSA) is 29.3 Å². The molecule has 0 radical (unpaired) electrons. The first-order chi connectivity index (χ1) is 9.70. The molecule has 1 aromatic heterocycles. The van der Waals surface area contributed by atoms with Crippen LogP contribution < -0.4 is 10.6 Å². The third-order valence-corrected chi connectivity index (χ3v) is 5.28. The van der Waals surface area contributed by atoms with Gasteiger partial charge in [0.15, 0.2) is 0 Å². The van der Waals surface area contributed by atoms with Gasteiger partial charge in [0.05, 0.1) is 6.04 Å². The number of thiophene rings is 1. The minimum Gasteiger partial charge on any atom is -0.364 e. The number of nitrogens with zero attached hydrogens (tertiary/aromatic N) is 1. The average Bonchev–Trinajstić information content (AvgIpc) is 2.91. The zero-order valence-corrected chi connectivity index (χ0v) is 13.2. The Hall–Kier alpha value is -1.03. The summed E-state index contributed by atoms with van der Waals surface area (Å²) in [4.78, 5) is 3.99. The molecule has 20 heavy (non-hydrogen) atoms. The Labute approximate surface area is 129 Å². The fourth-order valence-corrected chi connectivity index (χ4v) is 4.14. The van der Waals surface area contributed by atoms with Gasteiger partial charge in [-0.15, -0.1) is 11.3 Å². The van der Waals surface area contributed by atoms with Crippen LogP contribution in [0.2, 0.25) is 5.02 Å². The molecule has 1 unspecified atom stereocenters. The molecule has 1 aromatic carbocycles. The summed E-state index contributed by atoms with van der Waals surface area (Å²) in [5.41, 5.74) is 9.74. The molecule has 4 heteroatoms. The first-order valence-corrected chi connectivity index (χ1v) is 8.28. The van der Waals surface area contributed by atoms with Gasteiger partial charge in [0.25, 0.3) is 0 Å². The Morgan fingerprint density at radius 3 is 3.05 bits per heavy atom. The van der Waals surface area contributed by atoms with Crippen LogP contribution in [0.1, 0.15) is 29.0 Å². The third-order valence-electron chi connectivity index (χ3n) is 4.05. The summed E-state index contributed by atoms with van der Waals surface area (Å²) in [7, 11) is 0. The molecular formula is C16H19ClN2S. The molecule has 0 fully saturated rings. The lowest BCUT2D eigenvalue weighted by Crippen LogP contribution is -2.34. The van der Waals surface area contributed by atoms with Crippen molar-refractivity contribution >= 4 is 28.6 Å². The number of halogens is 1. The Morgan fingerprint density at radius 2 is 2.25 bits per heavy atom. The molecule has 0 saturated carbocycles. The van der Waals surface area contributed by atoms with Crippen LogP contribution in [0.4, 0.5) is 5.69 Å². The SMILES string of the molecule is CC1c2ccsc2CCN1c1cc(Cl)ccc1CCN. The highest BCUT2D eigenvalue weighted by Gasteiger charge is 2.26. The van der Waals surface area contributed by atoms with Crippen LogP contribution in [0.15, 0.2) is 29.6 Å². The molecule has 1 atom stereocenters. The second kappa shape index (κ2) is 5.76. The van der Waals surface area contributed by atoms with Crippen molar-refractivity contribution in [3.8, 4) is 0 Å². The summed E-state index contributed by atoms with van der Waals surface area (Å²) in [5, 5.41) is 2.99. The highest BCUT2D eigenvalue weighted by molar-refractivity contribution is 7.10. The van der Waals surface area contributed by atoms with Crippen LogP contribution in [0.25, 0.3) is 0 Å². The molecule has 2 heterocycles. The second-order valence-corrected chi connectivity index (χ2v) is 6.67. The predicted octanol–water partition coefficient (Wildman–Crippen LogP) is 4.03. The lowest BCUT2D eigenvalue weighted by molar-refractivity contribution is 0.629. The van der Waals surface area contributed by atoms with E-state index >= 15 is 0 Å². The number of hydrogen-bond donors (Lipinski definition) is 1. The van der Waals surface area contributed by atoms with Gasteiger partial charge in [-0.3, -0.25) is 0 Å². The van der Waals surface area contributed by atoms with Crippen LogP contribution >= 0.6 is 22.9 Å². The number of fused-ring (bicyclic) bond motifs is 1. The van der Waals surface area contributed by atoms with Crippen LogP contribution in [0.5, 0.6) is 0 Å². The molecular weight excluding hydrogens is 288 g/mol. The van der Waals surface area contributed by atoms with Crippen molar-refractivity contribution in [2.45, 2.75) is 25.8 Å². The van der Waals surface area contributed by atoms with E-state index in [1.54, 1.807) is 0 Å². The van der Waals surface area contributed by atoms with Gasteiger partial charge in [0, 0.05) is 22.1 Å². The molecule has 0 bridgehead atoms. The molecule has 1 aliphatic heterocycles. The first-order valence-electron chi connectivity index (χ1n) is 7.02. The van der Waals surface area contributed by atoms with Gasteiger partial charge < -0.3 is 10.6 Å². The summed E-state index contributed by atoms with van der Waals surface area (Å²) in [5.74, 6) is 0. The number of nitrogens with two attached hydrogens (primary N) is 1. The second-order valence-electron chi connectivity index (χ2n) is 5.23. The van der Waals surface area contributed by atoms with Gasteiger partial charge >= 0.3 is 0 Å². The van der Waals surface area contributed by atoms with Crippen LogP contribution in [-0.4, -0.2) is 13.1 Å². The molecule has 1 aliphatic rings. The average molecular weight is 307 g/mol. The van der Waals surface area contributed by atoms with Gasteiger partial charge in [-0.2, -0.15) is 0 Å². The molecule has 2 aromatic rings. The quantitative estimate of drug-likeness (QED) is 0.928. The Bertz CT molecular complexity index is 608. The van der Waals surface area contributed by atoms with Crippen molar-refractivity contribution in [1.82, 2.24) is 0 Å². The van der Waals surface area contributed by atoms with Gasteiger partial charge in [0.1, 0.15) is 0 Å². The van der Waals surface area contributed by atoms with E-state index in [4.69, 9.17) is 17.3 Å². The van der Waals surface area contributed by atoms with E-state index in [9.17, 15) is 0 Å². The van der Waals surface area contributed by atoms with E-state index in [0.717, 1.165) is 24.4 Å². The molecule has 0 saturated heterocycles. The van der Waals surface area contributed by atoms with E-state index in [1.807, 2.05) is 17.4 Å². The van der Waals surface area contributed by atoms with Gasteiger partial charge in [-0.05, 0) is 61.0 Å². The van der Waals surface area contributed by atoms with E-state index in [2.05, 4.69) is 35.4 Å². The highest BCUT2D eigenvalue weighted by atomic mass is 35.5. The van der Waals surface area contributed by atoms with Crippen molar-refractivity contribution in [2.24, 2.45) is 5.73 Å². The van der Waals surface area contributed by atoms with Crippen molar-refractivity contribution in [2.75, 3.05) is 18.0 Å². The monoisotopic (exact) mass is 306 g/mol. The Morgan fingerprint density at radius 1 is 1.40 bits per heavy atom. The molecule has 0 amide bonds. The summed E-state index contributed by atoms with van der Waals surface area (Å²) in [6, 6.07) is 8.81. The van der Waals surface area contributed by atoms with E-state index in [1.165, 1.54) is 21.7 Å². The molecule has 3 rings (SSSR count). The zero-order valence-electron chi connectivity index (χ0n) is 11.6. The summed E-state index contributed by atoms with van der Waals surface area (Å²) in [6.45, 7) is 3.99. The summed E-state index contributed by atoms with van der Waals surface area (Å²) < 4.78 is 0. The molecule has 2 nitrogen and oxygen atoms in total. The van der Waals surface area contributed by atoms with Gasteiger partial charge in [-0.25, -0.2) is 0 Å². The maximum Gasteiger partial charge on any atom is 0.0525 e. The van der Waals surface area contributed by atoms with Crippen molar-refractivity contribution in [1.29, 1.82) is 0 Å². The Balaban J connectivity index is 1.99. The maximum absolute atomic E-state index is 6.21. The number of benzene rings is 1. The largest absolute Gasteiger partial charge is 0.364 e. The minimum absolute atomic E-state index is 0.403. The lowest BCUT2D eigenvalue weighted by atomic mass is 9.98. The fourth-order valence-electron chi connectivity index (χ4n) is 3.01. The smallest absolute Gasteiger partial charge is 0.0525 e. The molecule has 0 spiro atoms. The Kier molecular flexibility index (Phi) is 4.01. The van der Waals surface area contributed by atoms with E-state index in [0.29, 0.717) is 12.6 Å². The van der Waals surface area contributed by atoms with Crippen LogP contribution in [-0.2, 0) is 12.8 Å². The maximum atomic E-state index is 6.21. The summed E-state index contributed by atoms with van der Waals surface area (Å²) >= 11 is 8.08. The third kappa shape index (κ3) is 2.46. The molecule has 106 valence electrons. The standard InChI is InChI=1S/C16H19ClN2S/c1-11-14-6-9-20-16(14)5-8-19(11)15-10-13(17)3-2-12(15)4-7-18/h2-3,6,9-11H,4-5,7-8,18H2,1H3. The number of rotatable bonds is 3. The summed E-state index contributed by atoms with van der Waals surface area (Å²) in [6.07, 6.45) is 2.01. The number of hydrogen-bond acceptors (Lipinski definition) is 3. The zero-order chi connectivity index (χ0) is 14.1. The highest BCUT2D eigenvalue weighted by Crippen LogP contribution is 2.38. The van der Waals surface area contributed by atoms with Gasteiger partial charge in [0.2, 0.25) is 0 Å². The molecule has 2 N–H and O–H groups in total.